The Morgan fingerprint density at radius 2 is 1.65 bits per heavy atom. The van der Waals surface area contributed by atoms with E-state index in [1.807, 2.05) is 37.3 Å². The Kier molecular flexibility index (Phi) is 10.7. The lowest BCUT2D eigenvalue weighted by atomic mass is 10.2. The Morgan fingerprint density at radius 1 is 1.03 bits per heavy atom. The molecule has 0 bridgehead atoms. The van der Waals surface area contributed by atoms with Crippen LogP contribution in [0.3, 0.4) is 0 Å². The number of hydrogen-bond acceptors (Lipinski definition) is 8. The second-order valence-electron chi connectivity index (χ2n) is 10.2. The highest BCUT2D eigenvalue weighted by Gasteiger charge is 2.37. The zero-order valence-corrected chi connectivity index (χ0v) is 23.7. The largest absolute Gasteiger partial charge is 0.411 e. The summed E-state index contributed by atoms with van der Waals surface area (Å²) in [5.74, 6) is 1.32. The third kappa shape index (κ3) is 10.2. The molecule has 0 saturated heterocycles. The first-order valence-corrected chi connectivity index (χ1v) is 14.9. The fraction of sp³-hybridized carbons (Fsp3) is 0.423. The van der Waals surface area contributed by atoms with Crippen LogP contribution in [0, 0.1) is 6.92 Å². The van der Waals surface area contributed by atoms with Crippen LogP contribution in [0.5, 0.6) is 0 Å². The number of carbonyl (C=O) groups is 2. The fourth-order valence-electron chi connectivity index (χ4n) is 2.76. The van der Waals surface area contributed by atoms with Crippen molar-refractivity contribution >= 4 is 37.5 Å². The van der Waals surface area contributed by atoms with E-state index in [-0.39, 0.29) is 29.8 Å². The van der Waals surface area contributed by atoms with Crippen molar-refractivity contribution in [1.29, 1.82) is 0 Å². The lowest BCUT2D eigenvalue weighted by Gasteiger charge is -2.36. The Balaban J connectivity index is 0.000000278. The first-order valence-electron chi connectivity index (χ1n) is 12.0. The minimum Gasteiger partial charge on any atom is -0.411 e. The van der Waals surface area contributed by atoms with Crippen LogP contribution in [0.1, 0.15) is 51.2 Å². The highest BCUT2D eigenvalue weighted by Crippen LogP contribution is 2.37. The first kappa shape index (κ1) is 29.8. The quantitative estimate of drug-likeness (QED) is 0.228. The number of carbonyl (C=O) groups excluding carboxylic acids is 2. The molecule has 4 N–H and O–H groups in total. The maximum Gasteiger partial charge on any atom is 0.232 e. The Morgan fingerprint density at radius 3 is 2.22 bits per heavy atom. The van der Waals surface area contributed by atoms with Crippen molar-refractivity contribution in [1.82, 2.24) is 20.2 Å². The number of pyridine rings is 2. The molecule has 0 aromatic carbocycles. The third-order valence-corrected chi connectivity index (χ3v) is 10.3. The molecule has 0 spiro atoms. The van der Waals surface area contributed by atoms with Gasteiger partial charge in [-0.2, -0.15) is 5.10 Å². The number of H-pyrrole nitrogens is 1. The van der Waals surface area contributed by atoms with Crippen molar-refractivity contribution in [3.05, 3.63) is 59.5 Å². The van der Waals surface area contributed by atoms with Gasteiger partial charge in [0.05, 0.1) is 31.0 Å². The number of nitrogens with zero attached hydrogens (tertiary/aromatic N) is 3. The summed E-state index contributed by atoms with van der Waals surface area (Å²) in [7, 11) is -1.83. The third-order valence-electron chi connectivity index (χ3n) is 5.80. The number of rotatable bonds is 9. The minimum absolute atomic E-state index is 0.0604. The molecular weight excluding hydrogens is 488 g/mol. The minimum atomic E-state index is -1.83. The maximum absolute atomic E-state index is 11.6. The van der Waals surface area contributed by atoms with E-state index >= 15 is 0 Å². The zero-order chi connectivity index (χ0) is 27.6. The van der Waals surface area contributed by atoms with Crippen molar-refractivity contribution in [2.24, 2.45) is 0 Å². The summed E-state index contributed by atoms with van der Waals surface area (Å²) in [6, 6.07) is 12.7. The van der Waals surface area contributed by atoms with E-state index in [2.05, 4.69) is 64.7 Å². The van der Waals surface area contributed by atoms with Crippen LogP contribution >= 0.6 is 0 Å². The van der Waals surface area contributed by atoms with Gasteiger partial charge >= 0.3 is 0 Å². The summed E-state index contributed by atoms with van der Waals surface area (Å²) >= 11 is 0. The fourth-order valence-corrected chi connectivity index (χ4v) is 3.71. The number of aryl methyl sites for hydroxylation is 1. The Bertz CT molecular complexity index is 1190. The number of nitrogens with one attached hydrogen (secondary N) is 3. The second-order valence-corrected chi connectivity index (χ2v) is 15.0. The van der Waals surface area contributed by atoms with E-state index in [4.69, 9.17) is 9.53 Å². The van der Waals surface area contributed by atoms with E-state index < -0.39 is 8.32 Å². The molecule has 0 saturated carbocycles. The molecule has 3 aromatic heterocycles. The van der Waals surface area contributed by atoms with Crippen LogP contribution in [0.2, 0.25) is 18.1 Å². The highest BCUT2D eigenvalue weighted by atomic mass is 28.4. The summed E-state index contributed by atoms with van der Waals surface area (Å²) in [6.45, 7) is 14.6. The van der Waals surface area contributed by atoms with E-state index in [0.29, 0.717) is 23.9 Å². The molecule has 0 atom stereocenters. The molecule has 3 aromatic rings. The predicted molar refractivity (Wildman–Crippen MR) is 147 cm³/mol. The van der Waals surface area contributed by atoms with Gasteiger partial charge < -0.3 is 20.2 Å². The van der Waals surface area contributed by atoms with Gasteiger partial charge in [0.25, 0.3) is 0 Å². The summed E-state index contributed by atoms with van der Waals surface area (Å²) in [5, 5.41) is 21.6. The monoisotopic (exact) mass is 526 g/mol. The molecule has 37 heavy (non-hydrogen) atoms. The Labute approximate surface area is 219 Å². The van der Waals surface area contributed by atoms with Gasteiger partial charge in [-0.15, -0.1) is 0 Å². The average molecular weight is 527 g/mol. The topological polar surface area (TPSA) is 142 Å². The summed E-state index contributed by atoms with van der Waals surface area (Å²) in [4.78, 5) is 31.0. The lowest BCUT2D eigenvalue weighted by Crippen LogP contribution is -2.40. The molecule has 0 unspecified atom stereocenters. The number of aromatic nitrogens is 4. The zero-order valence-electron chi connectivity index (χ0n) is 22.7. The first-order chi connectivity index (χ1) is 17.3. The molecule has 3 rings (SSSR count). The Hall–Kier alpha value is -3.41. The SMILES string of the molecule is CC(=O)CC(=O)Nc1cccc(CO[Si](C)(C)C(C)(C)C)n1.Cc1cc(Nc2cccc(CO)n2)n[nH]1. The number of aromatic amines is 1. The molecule has 0 aliphatic heterocycles. The second kappa shape index (κ2) is 13.2. The molecule has 200 valence electrons. The number of hydrogen-bond donors (Lipinski definition) is 4. The molecule has 0 fully saturated rings. The van der Waals surface area contributed by atoms with Gasteiger partial charge in [-0.25, -0.2) is 9.97 Å². The van der Waals surface area contributed by atoms with E-state index in [0.717, 1.165) is 17.2 Å². The van der Waals surface area contributed by atoms with E-state index in [1.165, 1.54) is 6.92 Å². The molecule has 1 amide bonds. The molecule has 3 heterocycles. The van der Waals surface area contributed by atoms with Crippen LogP contribution in [0.4, 0.5) is 17.5 Å². The van der Waals surface area contributed by atoms with E-state index in [9.17, 15) is 9.59 Å². The predicted octanol–water partition coefficient (Wildman–Crippen LogP) is 4.87. The normalized spacial score (nSPS) is 11.4. The van der Waals surface area contributed by atoms with Gasteiger partial charge in [-0.05, 0) is 56.2 Å². The number of aliphatic hydroxyl groups excluding tert-OH is 1. The van der Waals surface area contributed by atoms with Gasteiger partial charge in [-0.1, -0.05) is 32.9 Å². The molecular formula is C26H38N6O4Si. The number of ketones is 1. The van der Waals surface area contributed by atoms with Crippen LogP contribution in [-0.4, -0.2) is 45.3 Å². The van der Waals surface area contributed by atoms with Gasteiger partial charge in [0.2, 0.25) is 5.91 Å². The van der Waals surface area contributed by atoms with Gasteiger partial charge in [-0.3, -0.25) is 14.7 Å². The molecule has 0 radical (unpaired) electrons. The van der Waals surface area contributed by atoms with Gasteiger partial charge in [0, 0.05) is 11.8 Å². The highest BCUT2D eigenvalue weighted by molar-refractivity contribution is 6.74. The summed E-state index contributed by atoms with van der Waals surface area (Å²) in [5.41, 5.74) is 2.38. The van der Waals surface area contributed by atoms with Crippen LogP contribution in [-0.2, 0) is 27.2 Å². The van der Waals surface area contributed by atoms with E-state index in [1.54, 1.807) is 12.1 Å². The summed E-state index contributed by atoms with van der Waals surface area (Å²) in [6.07, 6.45) is -0.133. The van der Waals surface area contributed by atoms with Crippen molar-refractivity contribution in [2.45, 2.75) is 72.4 Å². The van der Waals surface area contributed by atoms with Crippen LogP contribution < -0.4 is 10.6 Å². The van der Waals surface area contributed by atoms with Crippen LogP contribution in [0.15, 0.2) is 42.5 Å². The van der Waals surface area contributed by atoms with Crippen molar-refractivity contribution in [3.63, 3.8) is 0 Å². The van der Waals surface area contributed by atoms with Crippen molar-refractivity contribution in [2.75, 3.05) is 10.6 Å². The molecule has 11 heteroatoms. The van der Waals surface area contributed by atoms with Crippen molar-refractivity contribution in [3.8, 4) is 0 Å². The van der Waals surface area contributed by atoms with Gasteiger partial charge in [0.1, 0.15) is 17.4 Å². The van der Waals surface area contributed by atoms with Gasteiger partial charge in [0.15, 0.2) is 14.1 Å². The lowest BCUT2D eigenvalue weighted by molar-refractivity contribution is -0.124. The summed E-state index contributed by atoms with van der Waals surface area (Å²) < 4.78 is 6.11. The number of aliphatic hydroxyl groups is 1. The average Bonchev–Trinajstić information content (AvgIpc) is 3.21. The number of Topliss-reactive ketones (excluding diaryl/α,β-unsaturated/α-hetero) is 1. The van der Waals surface area contributed by atoms with Crippen LogP contribution in [0.25, 0.3) is 0 Å². The standard InChI is InChI=1S/C16H26N2O3Si.C10H12N4O/c1-12(19)10-15(20)18-14-9-7-8-13(17-14)11-21-22(5,6)16(2,3)4;1-7-5-10(14-13-7)12-9-4-2-3-8(6-15)11-9/h7-9H,10-11H2,1-6H3,(H,17,18,20);2-5,15H,6H2,1H3,(H2,11,12,13,14). The molecule has 0 aliphatic rings. The molecule has 10 nitrogen and oxygen atoms in total. The number of anilines is 3. The van der Waals surface area contributed by atoms with Crippen molar-refractivity contribution < 1.29 is 19.1 Å². The smallest absolute Gasteiger partial charge is 0.232 e. The maximum atomic E-state index is 11.6. The number of amides is 1. The molecule has 0 aliphatic carbocycles.